The fourth-order valence-corrected chi connectivity index (χ4v) is 3.00. The Labute approximate surface area is 174 Å². The number of rotatable bonds is 8. The van der Waals surface area contributed by atoms with Gasteiger partial charge in [0.05, 0.1) is 0 Å². The molecular formula is C20H30BrN3O4. The summed E-state index contributed by atoms with van der Waals surface area (Å²) in [7, 11) is 0. The topological polar surface area (TPSA) is 111 Å². The molecule has 1 aromatic rings. The number of primary amides is 1. The van der Waals surface area contributed by atoms with Gasteiger partial charge in [0.2, 0.25) is 11.8 Å². The van der Waals surface area contributed by atoms with E-state index in [0.717, 1.165) is 10.0 Å². The van der Waals surface area contributed by atoms with E-state index < -0.39 is 35.6 Å². The minimum absolute atomic E-state index is 0.167. The Bertz CT molecular complexity index is 701. The van der Waals surface area contributed by atoms with Gasteiger partial charge in [-0.05, 0) is 50.8 Å². The maximum atomic E-state index is 12.8. The van der Waals surface area contributed by atoms with E-state index in [1.165, 1.54) is 0 Å². The van der Waals surface area contributed by atoms with Crippen molar-refractivity contribution < 1.29 is 19.1 Å². The lowest BCUT2D eigenvalue weighted by molar-refractivity contribution is -0.128. The van der Waals surface area contributed by atoms with Crippen LogP contribution in [0.2, 0.25) is 0 Å². The molecule has 156 valence electrons. The van der Waals surface area contributed by atoms with Gasteiger partial charge >= 0.3 is 6.09 Å². The first-order chi connectivity index (χ1) is 12.9. The number of nitrogens with two attached hydrogens (primary N) is 1. The highest BCUT2D eigenvalue weighted by atomic mass is 79.9. The Morgan fingerprint density at radius 3 is 2.29 bits per heavy atom. The van der Waals surface area contributed by atoms with Crippen LogP contribution in [0.25, 0.3) is 0 Å². The molecule has 0 radical (unpaired) electrons. The molecular weight excluding hydrogens is 426 g/mol. The molecule has 0 saturated heterocycles. The first-order valence-electron chi connectivity index (χ1n) is 9.21. The molecule has 0 fully saturated rings. The molecule has 4 N–H and O–H groups in total. The number of benzene rings is 1. The van der Waals surface area contributed by atoms with E-state index >= 15 is 0 Å². The van der Waals surface area contributed by atoms with E-state index in [0.29, 0.717) is 6.42 Å². The molecule has 8 heteroatoms. The highest BCUT2D eigenvalue weighted by molar-refractivity contribution is 9.10. The van der Waals surface area contributed by atoms with Gasteiger partial charge in [0.1, 0.15) is 17.7 Å². The Hall–Kier alpha value is -2.09. The third kappa shape index (κ3) is 9.21. The second-order valence-corrected chi connectivity index (χ2v) is 9.04. The van der Waals surface area contributed by atoms with Crippen molar-refractivity contribution in [3.05, 3.63) is 34.3 Å². The van der Waals surface area contributed by atoms with Gasteiger partial charge in [0.15, 0.2) is 0 Å². The number of hydrogen-bond acceptors (Lipinski definition) is 4. The summed E-state index contributed by atoms with van der Waals surface area (Å²) in [4.78, 5) is 36.7. The van der Waals surface area contributed by atoms with Crippen LogP contribution in [-0.4, -0.2) is 35.6 Å². The molecule has 1 rings (SSSR count). The Kier molecular flexibility index (Phi) is 8.94. The normalized spacial score (nSPS) is 13.5. The fraction of sp³-hybridized carbons (Fsp3) is 0.550. The quantitative estimate of drug-likeness (QED) is 0.559. The highest BCUT2D eigenvalue weighted by Crippen LogP contribution is 2.14. The summed E-state index contributed by atoms with van der Waals surface area (Å²) in [6.07, 6.45) is -0.0587. The summed E-state index contributed by atoms with van der Waals surface area (Å²) in [5.74, 6) is -0.934. The molecule has 0 bridgehead atoms. The van der Waals surface area contributed by atoms with Crippen molar-refractivity contribution in [3.63, 3.8) is 0 Å². The molecule has 0 aliphatic carbocycles. The van der Waals surface area contributed by atoms with Crippen LogP contribution in [0.5, 0.6) is 0 Å². The lowest BCUT2D eigenvalue weighted by Gasteiger charge is -2.25. The molecule has 3 amide bonds. The molecule has 28 heavy (non-hydrogen) atoms. The van der Waals surface area contributed by atoms with Gasteiger partial charge < -0.3 is 21.1 Å². The predicted molar refractivity (Wildman–Crippen MR) is 112 cm³/mol. The standard InChI is InChI=1S/C20H30BrN3O4/c1-12(2)9-15(17(22)25)23-18(26)16(24-19(27)28-20(3,4)5)11-13-7-6-8-14(21)10-13/h6-8,10,12,15-16H,9,11H2,1-5H3,(H2,22,25)(H,23,26)(H,24,27)/t15-,16?/m0/s1. The monoisotopic (exact) mass is 455 g/mol. The van der Waals surface area contributed by atoms with Gasteiger partial charge in [-0.2, -0.15) is 0 Å². The van der Waals surface area contributed by atoms with Crippen molar-refractivity contribution >= 4 is 33.8 Å². The summed E-state index contributed by atoms with van der Waals surface area (Å²) in [6.45, 7) is 9.07. The summed E-state index contributed by atoms with van der Waals surface area (Å²) >= 11 is 3.39. The highest BCUT2D eigenvalue weighted by Gasteiger charge is 2.28. The zero-order chi connectivity index (χ0) is 21.5. The molecule has 2 atom stereocenters. The summed E-state index contributed by atoms with van der Waals surface area (Å²) in [5.41, 5.74) is 5.56. The van der Waals surface area contributed by atoms with Crippen molar-refractivity contribution in [2.24, 2.45) is 11.7 Å². The van der Waals surface area contributed by atoms with E-state index in [1.54, 1.807) is 20.8 Å². The second-order valence-electron chi connectivity index (χ2n) is 8.13. The Morgan fingerprint density at radius 1 is 1.14 bits per heavy atom. The largest absolute Gasteiger partial charge is 0.444 e. The maximum Gasteiger partial charge on any atom is 0.408 e. The van der Waals surface area contributed by atoms with E-state index in [4.69, 9.17) is 10.5 Å². The number of amides is 3. The molecule has 0 saturated carbocycles. The zero-order valence-corrected chi connectivity index (χ0v) is 18.6. The molecule has 1 aromatic carbocycles. The van der Waals surface area contributed by atoms with Crippen molar-refractivity contribution in [1.82, 2.24) is 10.6 Å². The number of alkyl carbamates (subject to hydrolysis) is 1. The molecule has 0 aliphatic heterocycles. The molecule has 1 unspecified atom stereocenters. The third-order valence-corrected chi connectivity index (χ3v) is 4.20. The van der Waals surface area contributed by atoms with Crippen molar-refractivity contribution in [2.45, 2.75) is 65.1 Å². The first-order valence-corrected chi connectivity index (χ1v) is 10.0. The average Bonchev–Trinajstić information content (AvgIpc) is 2.51. The Balaban J connectivity index is 2.98. The third-order valence-electron chi connectivity index (χ3n) is 3.70. The van der Waals surface area contributed by atoms with E-state index in [9.17, 15) is 14.4 Å². The number of carbonyl (C=O) groups is 3. The average molecular weight is 456 g/mol. The summed E-state index contributed by atoms with van der Waals surface area (Å²) in [6, 6.07) is 5.69. The van der Waals surface area contributed by atoms with Gasteiger partial charge in [-0.15, -0.1) is 0 Å². The van der Waals surface area contributed by atoms with Crippen LogP contribution in [-0.2, 0) is 20.7 Å². The van der Waals surface area contributed by atoms with Crippen molar-refractivity contribution in [2.75, 3.05) is 0 Å². The predicted octanol–water partition coefficient (Wildman–Crippen LogP) is 2.90. The van der Waals surface area contributed by atoms with Crippen molar-refractivity contribution in [1.29, 1.82) is 0 Å². The number of nitrogens with one attached hydrogen (secondary N) is 2. The van der Waals surface area contributed by atoms with E-state index in [-0.39, 0.29) is 12.3 Å². The number of carbonyl (C=O) groups excluding carboxylic acids is 3. The van der Waals surface area contributed by atoms with Crippen LogP contribution in [0.4, 0.5) is 4.79 Å². The molecule has 0 heterocycles. The first kappa shape index (κ1) is 23.9. The summed E-state index contributed by atoms with van der Waals surface area (Å²) in [5, 5.41) is 5.25. The lowest BCUT2D eigenvalue weighted by Crippen LogP contribution is -2.54. The fourth-order valence-electron chi connectivity index (χ4n) is 2.55. The smallest absolute Gasteiger partial charge is 0.408 e. The lowest BCUT2D eigenvalue weighted by atomic mass is 10.0. The number of hydrogen-bond donors (Lipinski definition) is 3. The van der Waals surface area contributed by atoms with Crippen LogP contribution >= 0.6 is 15.9 Å². The number of halogens is 1. The van der Waals surface area contributed by atoms with Crippen molar-refractivity contribution in [3.8, 4) is 0 Å². The Morgan fingerprint density at radius 2 is 1.79 bits per heavy atom. The second kappa shape index (κ2) is 10.5. The van der Waals surface area contributed by atoms with E-state index in [1.807, 2.05) is 38.1 Å². The van der Waals surface area contributed by atoms with Crippen LogP contribution in [0, 0.1) is 5.92 Å². The van der Waals surface area contributed by atoms with Gasteiger partial charge in [0.25, 0.3) is 0 Å². The van der Waals surface area contributed by atoms with Crippen LogP contribution in [0.1, 0.15) is 46.6 Å². The molecule has 7 nitrogen and oxygen atoms in total. The van der Waals surface area contributed by atoms with E-state index in [2.05, 4.69) is 26.6 Å². The van der Waals surface area contributed by atoms with Gasteiger partial charge in [-0.1, -0.05) is 41.9 Å². The van der Waals surface area contributed by atoms with Crippen LogP contribution in [0.3, 0.4) is 0 Å². The maximum absolute atomic E-state index is 12.8. The molecule has 0 aliphatic rings. The van der Waals surface area contributed by atoms with Crippen LogP contribution in [0.15, 0.2) is 28.7 Å². The molecule has 0 spiro atoms. The minimum Gasteiger partial charge on any atom is -0.444 e. The van der Waals surface area contributed by atoms with Gasteiger partial charge in [-0.3, -0.25) is 9.59 Å². The van der Waals surface area contributed by atoms with Gasteiger partial charge in [-0.25, -0.2) is 4.79 Å². The summed E-state index contributed by atoms with van der Waals surface area (Å²) < 4.78 is 6.12. The van der Waals surface area contributed by atoms with Gasteiger partial charge in [0, 0.05) is 10.9 Å². The minimum atomic E-state index is -0.918. The SMILES string of the molecule is CC(C)C[C@H](NC(=O)C(Cc1cccc(Br)c1)NC(=O)OC(C)(C)C)C(N)=O. The zero-order valence-electron chi connectivity index (χ0n) is 17.0. The number of ether oxygens (including phenoxy) is 1. The molecule has 0 aromatic heterocycles. The van der Waals surface area contributed by atoms with Crippen LogP contribution < -0.4 is 16.4 Å².